The lowest BCUT2D eigenvalue weighted by atomic mass is 10.4. The van der Waals surface area contributed by atoms with E-state index in [0.717, 1.165) is 0 Å². The molecule has 0 aliphatic carbocycles. The van der Waals surface area contributed by atoms with Gasteiger partial charge < -0.3 is 15.0 Å². The molecule has 0 unspecified atom stereocenters. The highest BCUT2D eigenvalue weighted by molar-refractivity contribution is 7.90. The number of rotatable bonds is 6. The van der Waals surface area contributed by atoms with Crippen molar-refractivity contribution in [2.24, 2.45) is 0 Å². The fourth-order valence-corrected chi connectivity index (χ4v) is 2.08. The molecule has 1 aromatic rings. The number of sulfone groups is 1. The number of aryl methyl sites for hydroxylation is 1. The Labute approximate surface area is 106 Å². The summed E-state index contributed by atoms with van der Waals surface area (Å²) in [5.74, 6) is -0.307. The van der Waals surface area contributed by atoms with Gasteiger partial charge in [-0.25, -0.2) is 18.2 Å². The van der Waals surface area contributed by atoms with E-state index in [1.54, 1.807) is 6.92 Å². The summed E-state index contributed by atoms with van der Waals surface area (Å²) in [6, 6.07) is 0. The maximum absolute atomic E-state index is 11.4. The van der Waals surface area contributed by atoms with Crippen LogP contribution in [0.25, 0.3) is 0 Å². The average molecular weight is 275 g/mol. The Morgan fingerprint density at radius 3 is 2.78 bits per heavy atom. The quantitative estimate of drug-likeness (QED) is 0.737. The minimum absolute atomic E-state index is 0.0659. The molecule has 0 aliphatic heterocycles. The molecule has 0 saturated carbocycles. The number of aromatic nitrogens is 2. The van der Waals surface area contributed by atoms with Crippen LogP contribution in [0, 0.1) is 0 Å². The van der Waals surface area contributed by atoms with Crippen molar-refractivity contribution in [3.05, 3.63) is 12.0 Å². The first-order valence-electron chi connectivity index (χ1n) is 5.50. The van der Waals surface area contributed by atoms with Crippen molar-refractivity contribution in [3.8, 4) is 0 Å². The molecule has 0 radical (unpaired) electrons. The van der Waals surface area contributed by atoms with Gasteiger partial charge in [-0.1, -0.05) is 0 Å². The summed E-state index contributed by atoms with van der Waals surface area (Å²) in [6.07, 6.45) is 3.00. The number of hydrogen-bond donors (Lipinski definition) is 1. The number of nitrogens with zero attached hydrogens (tertiary/aromatic N) is 2. The van der Waals surface area contributed by atoms with Gasteiger partial charge in [-0.2, -0.15) is 0 Å². The van der Waals surface area contributed by atoms with Crippen LogP contribution >= 0.6 is 0 Å². The summed E-state index contributed by atoms with van der Waals surface area (Å²) in [6.45, 7) is 2.34. The van der Waals surface area contributed by atoms with Crippen molar-refractivity contribution in [3.63, 3.8) is 0 Å². The summed E-state index contributed by atoms with van der Waals surface area (Å²) < 4.78 is 28.3. The molecule has 0 fully saturated rings. The maximum Gasteiger partial charge on any atom is 0.360 e. The number of ether oxygens (including phenoxy) is 1. The molecule has 1 aromatic heterocycles. The summed E-state index contributed by atoms with van der Waals surface area (Å²) in [5, 5.41) is 0. The van der Waals surface area contributed by atoms with Crippen molar-refractivity contribution in [2.75, 3.05) is 24.3 Å². The third-order valence-electron chi connectivity index (χ3n) is 2.26. The second-order valence-electron chi connectivity index (χ2n) is 3.88. The number of nitrogen functional groups attached to an aromatic ring is 1. The van der Waals surface area contributed by atoms with Crippen molar-refractivity contribution < 1.29 is 17.9 Å². The SMILES string of the molecule is CCOC(=O)c1ncn(CCCS(C)(=O)=O)c1N. The molecule has 1 rings (SSSR count). The van der Waals surface area contributed by atoms with E-state index in [0.29, 0.717) is 13.0 Å². The van der Waals surface area contributed by atoms with Gasteiger partial charge in [-0.15, -0.1) is 0 Å². The number of nitrogens with two attached hydrogens (primary N) is 1. The second kappa shape index (κ2) is 5.85. The minimum atomic E-state index is -2.99. The zero-order valence-electron chi connectivity index (χ0n) is 10.4. The normalized spacial score (nSPS) is 11.4. The standard InChI is InChI=1S/C10H17N3O4S/c1-3-17-10(14)8-9(11)13(7-12-8)5-4-6-18(2,15)16/h7H,3-6,11H2,1-2H3. The maximum atomic E-state index is 11.4. The lowest BCUT2D eigenvalue weighted by molar-refractivity contribution is 0.0521. The van der Waals surface area contributed by atoms with Crippen molar-refractivity contribution in [2.45, 2.75) is 19.9 Å². The van der Waals surface area contributed by atoms with E-state index in [-0.39, 0.29) is 23.9 Å². The fourth-order valence-electron chi connectivity index (χ4n) is 1.42. The number of hydrogen-bond acceptors (Lipinski definition) is 6. The minimum Gasteiger partial charge on any atom is -0.461 e. The summed E-state index contributed by atoms with van der Waals surface area (Å²) in [5.41, 5.74) is 5.80. The average Bonchev–Trinajstić information content (AvgIpc) is 2.59. The highest BCUT2D eigenvalue weighted by Crippen LogP contribution is 2.12. The van der Waals surface area contributed by atoms with E-state index >= 15 is 0 Å². The molecule has 0 atom stereocenters. The van der Waals surface area contributed by atoms with Crippen LogP contribution in [0.5, 0.6) is 0 Å². The fraction of sp³-hybridized carbons (Fsp3) is 0.600. The van der Waals surface area contributed by atoms with Crippen LogP contribution in [-0.2, 0) is 21.1 Å². The Balaban J connectivity index is 2.66. The lowest BCUT2D eigenvalue weighted by Crippen LogP contribution is -2.11. The molecule has 18 heavy (non-hydrogen) atoms. The first kappa shape index (κ1) is 14.5. The Bertz CT molecular complexity index is 521. The predicted molar refractivity (Wildman–Crippen MR) is 66.9 cm³/mol. The Morgan fingerprint density at radius 2 is 2.22 bits per heavy atom. The van der Waals surface area contributed by atoms with Gasteiger partial charge in [0.05, 0.1) is 18.7 Å². The third kappa shape index (κ3) is 4.02. The topological polar surface area (TPSA) is 104 Å². The molecule has 1 heterocycles. The van der Waals surface area contributed by atoms with Gasteiger partial charge in [-0.3, -0.25) is 0 Å². The molecule has 0 spiro atoms. The lowest BCUT2D eigenvalue weighted by Gasteiger charge is -2.05. The smallest absolute Gasteiger partial charge is 0.360 e. The predicted octanol–water partition coefficient (Wildman–Crippen LogP) is 0.0767. The molecule has 8 heteroatoms. The molecule has 0 saturated heterocycles. The largest absolute Gasteiger partial charge is 0.461 e. The number of anilines is 1. The third-order valence-corrected chi connectivity index (χ3v) is 3.29. The monoisotopic (exact) mass is 275 g/mol. The van der Waals surface area contributed by atoms with Gasteiger partial charge in [0.25, 0.3) is 0 Å². The van der Waals surface area contributed by atoms with E-state index in [9.17, 15) is 13.2 Å². The molecule has 0 aromatic carbocycles. The molecule has 7 nitrogen and oxygen atoms in total. The molecular weight excluding hydrogens is 258 g/mol. The first-order chi connectivity index (χ1) is 8.35. The number of imidazole rings is 1. The van der Waals surface area contributed by atoms with E-state index < -0.39 is 15.8 Å². The number of esters is 1. The Morgan fingerprint density at radius 1 is 1.56 bits per heavy atom. The van der Waals surface area contributed by atoms with Gasteiger partial charge in [-0.05, 0) is 13.3 Å². The molecular formula is C10H17N3O4S. The van der Waals surface area contributed by atoms with Gasteiger partial charge >= 0.3 is 5.97 Å². The summed E-state index contributed by atoms with van der Waals surface area (Å²) in [7, 11) is -2.99. The van der Waals surface area contributed by atoms with Crippen molar-refractivity contribution in [1.82, 2.24) is 9.55 Å². The van der Waals surface area contributed by atoms with Gasteiger partial charge in [0.15, 0.2) is 5.69 Å². The second-order valence-corrected chi connectivity index (χ2v) is 6.14. The van der Waals surface area contributed by atoms with Gasteiger partial charge in [0.1, 0.15) is 15.7 Å². The van der Waals surface area contributed by atoms with Crippen LogP contribution in [0.1, 0.15) is 23.8 Å². The van der Waals surface area contributed by atoms with Gasteiger partial charge in [0, 0.05) is 12.8 Å². The molecule has 0 amide bonds. The van der Waals surface area contributed by atoms with Crippen LogP contribution in [0.2, 0.25) is 0 Å². The summed E-state index contributed by atoms with van der Waals surface area (Å²) >= 11 is 0. The van der Waals surface area contributed by atoms with Crippen LogP contribution < -0.4 is 5.73 Å². The zero-order chi connectivity index (χ0) is 13.8. The van der Waals surface area contributed by atoms with E-state index in [1.165, 1.54) is 17.2 Å². The van der Waals surface area contributed by atoms with E-state index in [1.807, 2.05) is 0 Å². The van der Waals surface area contributed by atoms with Crippen LogP contribution in [0.15, 0.2) is 6.33 Å². The zero-order valence-corrected chi connectivity index (χ0v) is 11.2. The Kier molecular flexibility index (Phi) is 4.71. The molecule has 0 aliphatic rings. The van der Waals surface area contributed by atoms with Crippen molar-refractivity contribution in [1.29, 1.82) is 0 Å². The van der Waals surface area contributed by atoms with Gasteiger partial charge in [0.2, 0.25) is 0 Å². The molecule has 102 valence electrons. The first-order valence-corrected chi connectivity index (χ1v) is 7.56. The van der Waals surface area contributed by atoms with Crippen LogP contribution in [0.3, 0.4) is 0 Å². The number of carbonyl (C=O) groups is 1. The number of carbonyl (C=O) groups excluding carboxylic acids is 1. The Hall–Kier alpha value is -1.57. The van der Waals surface area contributed by atoms with E-state index in [4.69, 9.17) is 10.5 Å². The van der Waals surface area contributed by atoms with Crippen LogP contribution in [-0.4, -0.2) is 42.6 Å². The summed E-state index contributed by atoms with van der Waals surface area (Å²) in [4.78, 5) is 15.3. The highest BCUT2D eigenvalue weighted by Gasteiger charge is 2.16. The van der Waals surface area contributed by atoms with Crippen molar-refractivity contribution >= 4 is 21.6 Å². The molecule has 2 N–H and O–H groups in total. The van der Waals surface area contributed by atoms with E-state index in [2.05, 4.69) is 4.98 Å². The molecule has 0 bridgehead atoms. The van der Waals surface area contributed by atoms with Crippen LogP contribution in [0.4, 0.5) is 5.82 Å². The highest BCUT2D eigenvalue weighted by atomic mass is 32.2.